The standard InChI is InChI=1S/C21H17N/c1-17(20-13-8-14-22-16-20)15-21(18-9-4-2-5-10-18)19-11-6-3-7-12-19/h2-14,16H,1H3. The monoisotopic (exact) mass is 283 g/mol. The summed E-state index contributed by atoms with van der Waals surface area (Å²) >= 11 is 0. The fourth-order valence-electron chi connectivity index (χ4n) is 2.36. The van der Waals surface area contributed by atoms with Crippen molar-refractivity contribution in [3.63, 3.8) is 0 Å². The van der Waals surface area contributed by atoms with Crippen molar-refractivity contribution in [3.8, 4) is 0 Å². The Morgan fingerprint density at radius 2 is 1.27 bits per heavy atom. The smallest absolute Gasteiger partial charge is 0.0349 e. The molecule has 1 heterocycles. The lowest BCUT2D eigenvalue weighted by atomic mass is 9.97. The zero-order valence-electron chi connectivity index (χ0n) is 12.5. The second-order valence-electron chi connectivity index (χ2n) is 5.10. The quantitative estimate of drug-likeness (QED) is 0.601. The maximum Gasteiger partial charge on any atom is 0.0349 e. The number of aromatic nitrogens is 1. The van der Waals surface area contributed by atoms with E-state index in [2.05, 4.69) is 72.2 Å². The van der Waals surface area contributed by atoms with Crippen molar-refractivity contribution >= 4 is 11.1 Å². The molecule has 106 valence electrons. The highest BCUT2D eigenvalue weighted by Gasteiger charge is 2.04. The van der Waals surface area contributed by atoms with Crippen LogP contribution in [0, 0.1) is 0 Å². The highest BCUT2D eigenvalue weighted by atomic mass is 14.6. The Hall–Kier alpha value is -2.89. The van der Waals surface area contributed by atoms with E-state index in [1.54, 1.807) is 6.20 Å². The largest absolute Gasteiger partial charge is 0.264 e. The van der Waals surface area contributed by atoms with Crippen LogP contribution in [0.15, 0.2) is 90.9 Å². The average molecular weight is 283 g/mol. The molecule has 0 aliphatic rings. The van der Waals surface area contributed by atoms with Crippen LogP contribution in [0.25, 0.3) is 11.1 Å². The summed E-state index contributed by atoms with van der Waals surface area (Å²) in [6.07, 6.45) is 3.66. The second-order valence-corrected chi connectivity index (χ2v) is 5.10. The Labute approximate surface area is 131 Å². The van der Waals surface area contributed by atoms with Gasteiger partial charge in [0.25, 0.3) is 0 Å². The van der Waals surface area contributed by atoms with Gasteiger partial charge in [0.2, 0.25) is 0 Å². The van der Waals surface area contributed by atoms with Crippen LogP contribution < -0.4 is 0 Å². The average Bonchev–Trinajstić information content (AvgIpc) is 2.62. The van der Waals surface area contributed by atoms with Gasteiger partial charge in [0.1, 0.15) is 0 Å². The first-order valence-corrected chi connectivity index (χ1v) is 7.33. The van der Waals surface area contributed by atoms with Crippen LogP contribution in [0.5, 0.6) is 0 Å². The van der Waals surface area contributed by atoms with Crippen LogP contribution in [-0.4, -0.2) is 4.98 Å². The summed E-state index contributed by atoms with van der Waals surface area (Å²) < 4.78 is 0. The Morgan fingerprint density at radius 3 is 1.77 bits per heavy atom. The minimum atomic E-state index is 1.08. The van der Waals surface area contributed by atoms with E-state index >= 15 is 0 Å². The van der Waals surface area contributed by atoms with Crippen molar-refractivity contribution < 1.29 is 0 Å². The third-order valence-corrected chi connectivity index (χ3v) is 3.53. The van der Waals surface area contributed by atoms with E-state index in [9.17, 15) is 0 Å². The van der Waals surface area contributed by atoms with Gasteiger partial charge in [-0.15, -0.1) is 5.73 Å². The third kappa shape index (κ3) is 3.22. The molecule has 0 amide bonds. The molecule has 1 heteroatoms. The van der Waals surface area contributed by atoms with Crippen molar-refractivity contribution in [1.29, 1.82) is 0 Å². The van der Waals surface area contributed by atoms with Gasteiger partial charge in [-0.3, -0.25) is 4.98 Å². The predicted molar refractivity (Wildman–Crippen MR) is 92.2 cm³/mol. The van der Waals surface area contributed by atoms with Gasteiger partial charge in [-0.25, -0.2) is 0 Å². The number of allylic oxidation sites excluding steroid dienone is 1. The van der Waals surface area contributed by atoms with E-state index in [1.807, 2.05) is 24.4 Å². The van der Waals surface area contributed by atoms with Crippen LogP contribution in [-0.2, 0) is 0 Å². The maximum absolute atomic E-state index is 4.19. The van der Waals surface area contributed by atoms with E-state index in [0.29, 0.717) is 0 Å². The van der Waals surface area contributed by atoms with E-state index in [1.165, 1.54) is 0 Å². The molecule has 0 aliphatic carbocycles. The summed E-state index contributed by atoms with van der Waals surface area (Å²) in [6.45, 7) is 2.07. The first kappa shape index (κ1) is 14.1. The Kier molecular flexibility index (Phi) is 4.29. The summed E-state index contributed by atoms with van der Waals surface area (Å²) in [5.74, 6) is 0. The second kappa shape index (κ2) is 6.71. The number of nitrogens with zero attached hydrogens (tertiary/aromatic N) is 1. The first-order valence-electron chi connectivity index (χ1n) is 7.33. The molecular weight excluding hydrogens is 266 g/mol. The predicted octanol–water partition coefficient (Wildman–Crippen LogP) is 5.22. The Balaban J connectivity index is 2.20. The molecule has 0 unspecified atom stereocenters. The summed E-state index contributed by atoms with van der Waals surface area (Å²) in [7, 11) is 0. The van der Waals surface area contributed by atoms with E-state index in [-0.39, 0.29) is 0 Å². The SMILES string of the molecule is CC(=C=C(c1ccccc1)c1ccccc1)c1cccnc1. The number of benzene rings is 2. The molecule has 3 rings (SSSR count). The molecule has 0 atom stereocenters. The summed E-state index contributed by atoms with van der Waals surface area (Å²) in [4.78, 5) is 4.19. The van der Waals surface area contributed by atoms with Gasteiger partial charge in [0.15, 0.2) is 0 Å². The van der Waals surface area contributed by atoms with Gasteiger partial charge in [0.05, 0.1) is 0 Å². The third-order valence-electron chi connectivity index (χ3n) is 3.53. The van der Waals surface area contributed by atoms with Crippen molar-refractivity contribution in [2.75, 3.05) is 0 Å². The summed E-state index contributed by atoms with van der Waals surface area (Å²) in [5, 5.41) is 0. The molecule has 0 bridgehead atoms. The van der Waals surface area contributed by atoms with Crippen LogP contribution in [0.3, 0.4) is 0 Å². The number of hydrogen-bond donors (Lipinski definition) is 0. The molecule has 0 aliphatic heterocycles. The van der Waals surface area contributed by atoms with E-state index < -0.39 is 0 Å². The number of pyridine rings is 1. The zero-order valence-corrected chi connectivity index (χ0v) is 12.5. The van der Waals surface area contributed by atoms with Gasteiger partial charge in [0, 0.05) is 29.1 Å². The van der Waals surface area contributed by atoms with Crippen LogP contribution in [0.1, 0.15) is 23.6 Å². The molecule has 0 fully saturated rings. The molecule has 0 saturated carbocycles. The molecule has 0 saturated heterocycles. The van der Waals surface area contributed by atoms with Crippen LogP contribution in [0.2, 0.25) is 0 Å². The topological polar surface area (TPSA) is 12.9 Å². The van der Waals surface area contributed by atoms with Gasteiger partial charge < -0.3 is 0 Å². The highest BCUT2D eigenvalue weighted by molar-refractivity contribution is 5.83. The minimum Gasteiger partial charge on any atom is -0.264 e. The van der Waals surface area contributed by atoms with E-state index in [0.717, 1.165) is 27.8 Å². The molecule has 0 spiro atoms. The Morgan fingerprint density at radius 1 is 0.727 bits per heavy atom. The molecule has 0 N–H and O–H groups in total. The molecular formula is C21H17N. The summed E-state index contributed by atoms with van der Waals surface area (Å²) in [6, 6.07) is 24.8. The van der Waals surface area contributed by atoms with Crippen LogP contribution >= 0.6 is 0 Å². The lowest BCUT2D eigenvalue weighted by Gasteiger charge is -2.06. The Bertz CT molecular complexity index is 755. The fourth-order valence-corrected chi connectivity index (χ4v) is 2.36. The van der Waals surface area contributed by atoms with Gasteiger partial charge in [-0.05, 0) is 24.1 Å². The van der Waals surface area contributed by atoms with Crippen molar-refractivity contribution in [3.05, 3.63) is 108 Å². The molecule has 2 aromatic carbocycles. The van der Waals surface area contributed by atoms with Crippen molar-refractivity contribution in [2.45, 2.75) is 6.92 Å². The zero-order chi connectivity index (χ0) is 15.2. The van der Waals surface area contributed by atoms with Crippen molar-refractivity contribution in [2.24, 2.45) is 0 Å². The molecule has 22 heavy (non-hydrogen) atoms. The summed E-state index contributed by atoms with van der Waals surface area (Å²) in [5.41, 5.74) is 9.16. The van der Waals surface area contributed by atoms with Gasteiger partial charge in [-0.2, -0.15) is 0 Å². The van der Waals surface area contributed by atoms with Gasteiger partial charge >= 0.3 is 0 Å². The highest BCUT2D eigenvalue weighted by Crippen LogP contribution is 2.24. The number of hydrogen-bond acceptors (Lipinski definition) is 1. The molecule has 1 aromatic heterocycles. The molecule has 0 radical (unpaired) electrons. The van der Waals surface area contributed by atoms with Gasteiger partial charge in [-0.1, -0.05) is 66.7 Å². The lowest BCUT2D eigenvalue weighted by Crippen LogP contribution is -1.87. The normalized spacial score (nSPS) is 9.86. The number of rotatable bonds is 3. The maximum atomic E-state index is 4.19. The fraction of sp³-hybridized carbons (Fsp3) is 0.0476. The minimum absolute atomic E-state index is 1.08. The lowest BCUT2D eigenvalue weighted by molar-refractivity contribution is 1.31. The van der Waals surface area contributed by atoms with E-state index in [4.69, 9.17) is 0 Å². The molecule has 3 aromatic rings. The van der Waals surface area contributed by atoms with Crippen LogP contribution in [0.4, 0.5) is 0 Å². The first-order chi connectivity index (χ1) is 10.8. The molecule has 1 nitrogen and oxygen atoms in total. The van der Waals surface area contributed by atoms with Crippen molar-refractivity contribution in [1.82, 2.24) is 4.98 Å².